The zero-order valence-electron chi connectivity index (χ0n) is 10.5. The van der Waals surface area contributed by atoms with Gasteiger partial charge >= 0.3 is 0 Å². The third-order valence-electron chi connectivity index (χ3n) is 3.85. The van der Waals surface area contributed by atoms with Crippen molar-refractivity contribution in [3.8, 4) is 0 Å². The van der Waals surface area contributed by atoms with Gasteiger partial charge in [0.2, 0.25) is 5.91 Å². The molecule has 0 bridgehead atoms. The number of hydrogen-bond donors (Lipinski definition) is 2. The predicted octanol–water partition coefficient (Wildman–Crippen LogP) is 1.60. The molecule has 1 aliphatic carbocycles. The van der Waals surface area contributed by atoms with Gasteiger partial charge < -0.3 is 10.6 Å². The Morgan fingerprint density at radius 1 is 1.44 bits per heavy atom. The first-order chi connectivity index (χ1) is 7.48. The number of carbonyl (C=O) groups excluding carboxylic acids is 1. The van der Waals surface area contributed by atoms with E-state index in [0.29, 0.717) is 11.5 Å². The minimum atomic E-state index is 0.138. The first-order valence-corrected chi connectivity index (χ1v) is 6.18. The van der Waals surface area contributed by atoms with E-state index in [2.05, 4.69) is 24.5 Å². The van der Waals surface area contributed by atoms with Crippen LogP contribution < -0.4 is 10.6 Å². The largest absolute Gasteiger partial charge is 0.350 e. The Bertz CT molecular complexity index is 325. The number of amides is 1. The Morgan fingerprint density at radius 2 is 2.12 bits per heavy atom. The summed E-state index contributed by atoms with van der Waals surface area (Å²) < 4.78 is 0. The highest BCUT2D eigenvalue weighted by atomic mass is 16.1. The molecule has 0 radical (unpaired) electrons. The normalized spacial score (nSPS) is 27.4. The molecule has 90 valence electrons. The van der Waals surface area contributed by atoms with Crippen molar-refractivity contribution < 1.29 is 4.79 Å². The lowest BCUT2D eigenvalue weighted by Crippen LogP contribution is -2.40. The van der Waals surface area contributed by atoms with Gasteiger partial charge in [0, 0.05) is 24.7 Å². The fourth-order valence-corrected chi connectivity index (χ4v) is 2.53. The lowest BCUT2D eigenvalue weighted by atomic mass is 9.92. The average Bonchev–Trinajstić information content (AvgIpc) is 2.42. The highest BCUT2D eigenvalue weighted by Gasteiger charge is 2.32. The molecule has 2 rings (SSSR count). The van der Waals surface area contributed by atoms with Crippen molar-refractivity contribution in [2.45, 2.75) is 46.1 Å². The smallest absolute Gasteiger partial charge is 0.247 e. The maximum Gasteiger partial charge on any atom is 0.247 e. The second-order valence-electron chi connectivity index (χ2n) is 5.91. The van der Waals surface area contributed by atoms with Gasteiger partial charge in [-0.2, -0.15) is 0 Å². The molecule has 1 amide bonds. The van der Waals surface area contributed by atoms with Gasteiger partial charge in [-0.3, -0.25) is 4.79 Å². The molecule has 0 aromatic rings. The summed E-state index contributed by atoms with van der Waals surface area (Å²) in [5.74, 6) is 0.138. The van der Waals surface area contributed by atoms with Gasteiger partial charge in [-0.25, -0.2) is 0 Å². The van der Waals surface area contributed by atoms with Crippen LogP contribution in [0.5, 0.6) is 0 Å². The molecule has 0 spiro atoms. The van der Waals surface area contributed by atoms with Crippen molar-refractivity contribution in [1.82, 2.24) is 10.6 Å². The number of hydrogen-bond acceptors (Lipinski definition) is 2. The van der Waals surface area contributed by atoms with Crippen LogP contribution in [-0.4, -0.2) is 25.0 Å². The Labute approximate surface area is 97.7 Å². The first-order valence-electron chi connectivity index (χ1n) is 6.18. The maximum absolute atomic E-state index is 11.9. The summed E-state index contributed by atoms with van der Waals surface area (Å²) in [4.78, 5) is 11.9. The molecule has 1 saturated carbocycles. The van der Waals surface area contributed by atoms with Gasteiger partial charge in [0.15, 0.2) is 0 Å². The molecule has 2 fully saturated rings. The zero-order valence-corrected chi connectivity index (χ0v) is 10.5. The third kappa shape index (κ3) is 2.46. The summed E-state index contributed by atoms with van der Waals surface area (Å²) in [6.45, 7) is 8.26. The number of carbonyl (C=O) groups is 1. The van der Waals surface area contributed by atoms with E-state index in [0.717, 1.165) is 31.5 Å². The lowest BCUT2D eigenvalue weighted by molar-refractivity contribution is -0.118. The molecule has 2 aliphatic rings. The summed E-state index contributed by atoms with van der Waals surface area (Å²) in [5, 5.41) is 6.32. The summed E-state index contributed by atoms with van der Waals surface area (Å²) in [7, 11) is 0. The molecule has 0 aromatic carbocycles. The maximum atomic E-state index is 11.9. The molecule has 1 unspecified atom stereocenters. The summed E-state index contributed by atoms with van der Waals surface area (Å²) in [6, 6.07) is 0.381. The predicted molar refractivity (Wildman–Crippen MR) is 65.1 cm³/mol. The Hall–Kier alpha value is -0.830. The highest BCUT2D eigenvalue weighted by molar-refractivity contribution is 5.94. The fraction of sp³-hybridized carbons (Fsp3) is 0.769. The van der Waals surface area contributed by atoms with Crippen LogP contribution in [0.1, 0.15) is 40.0 Å². The standard InChI is InChI=1S/C13H22N2O/c1-9(10-7-14-8-10)12(16)15-11-4-5-13(2,3)6-11/h11,14H,4-8H2,1-3H3,(H,15,16). The molecule has 2 N–H and O–H groups in total. The van der Waals surface area contributed by atoms with Crippen molar-refractivity contribution in [2.75, 3.05) is 13.1 Å². The summed E-state index contributed by atoms with van der Waals surface area (Å²) in [6.07, 6.45) is 3.45. The molecule has 1 saturated heterocycles. The minimum Gasteiger partial charge on any atom is -0.350 e. The van der Waals surface area contributed by atoms with Crippen LogP contribution in [0.25, 0.3) is 0 Å². The summed E-state index contributed by atoms with van der Waals surface area (Å²) >= 11 is 0. The second-order valence-corrected chi connectivity index (χ2v) is 5.91. The van der Waals surface area contributed by atoms with E-state index in [4.69, 9.17) is 0 Å². The van der Waals surface area contributed by atoms with Crippen LogP contribution in [0, 0.1) is 5.41 Å². The van der Waals surface area contributed by atoms with Gasteiger partial charge in [0.05, 0.1) is 0 Å². The van der Waals surface area contributed by atoms with Crippen molar-refractivity contribution in [2.24, 2.45) is 5.41 Å². The van der Waals surface area contributed by atoms with E-state index in [1.165, 1.54) is 12.0 Å². The van der Waals surface area contributed by atoms with Gasteiger partial charge in [-0.1, -0.05) is 13.8 Å². The van der Waals surface area contributed by atoms with E-state index in [1.54, 1.807) is 0 Å². The van der Waals surface area contributed by atoms with E-state index in [9.17, 15) is 4.79 Å². The second kappa shape index (κ2) is 4.21. The fourth-order valence-electron chi connectivity index (χ4n) is 2.53. The van der Waals surface area contributed by atoms with Crippen molar-refractivity contribution in [3.05, 3.63) is 11.1 Å². The Balaban J connectivity index is 1.89. The molecule has 1 heterocycles. The third-order valence-corrected chi connectivity index (χ3v) is 3.85. The van der Waals surface area contributed by atoms with Crippen molar-refractivity contribution >= 4 is 5.91 Å². The molecule has 16 heavy (non-hydrogen) atoms. The van der Waals surface area contributed by atoms with Gasteiger partial charge in [0.25, 0.3) is 0 Å². The lowest BCUT2D eigenvalue weighted by Gasteiger charge is -2.23. The average molecular weight is 222 g/mol. The van der Waals surface area contributed by atoms with Crippen LogP contribution in [0.2, 0.25) is 0 Å². The van der Waals surface area contributed by atoms with Gasteiger partial charge in [-0.05, 0) is 37.2 Å². The molecular formula is C13H22N2O. The zero-order chi connectivity index (χ0) is 11.8. The summed E-state index contributed by atoms with van der Waals surface area (Å²) in [5.41, 5.74) is 2.58. The monoisotopic (exact) mass is 222 g/mol. The van der Waals surface area contributed by atoms with Gasteiger partial charge in [-0.15, -0.1) is 0 Å². The molecule has 0 aromatic heterocycles. The van der Waals surface area contributed by atoms with Crippen LogP contribution in [0.4, 0.5) is 0 Å². The van der Waals surface area contributed by atoms with E-state index >= 15 is 0 Å². The first kappa shape index (κ1) is 11.6. The topological polar surface area (TPSA) is 41.1 Å². The van der Waals surface area contributed by atoms with Crippen LogP contribution >= 0.6 is 0 Å². The molecule has 1 aliphatic heterocycles. The van der Waals surface area contributed by atoms with Crippen molar-refractivity contribution in [1.29, 1.82) is 0 Å². The molecule has 1 atom stereocenters. The highest BCUT2D eigenvalue weighted by Crippen LogP contribution is 2.36. The molecular weight excluding hydrogens is 200 g/mol. The minimum absolute atomic E-state index is 0.138. The van der Waals surface area contributed by atoms with E-state index < -0.39 is 0 Å². The van der Waals surface area contributed by atoms with Crippen LogP contribution in [-0.2, 0) is 4.79 Å². The van der Waals surface area contributed by atoms with Crippen LogP contribution in [0.3, 0.4) is 0 Å². The quantitative estimate of drug-likeness (QED) is 0.697. The Kier molecular flexibility index (Phi) is 3.06. The van der Waals surface area contributed by atoms with Crippen molar-refractivity contribution in [3.63, 3.8) is 0 Å². The van der Waals surface area contributed by atoms with E-state index in [1.807, 2.05) is 6.92 Å². The SMILES string of the molecule is CC(C(=O)NC1CCC(C)(C)C1)=C1CNC1. The number of rotatable bonds is 2. The number of nitrogens with one attached hydrogen (secondary N) is 2. The van der Waals surface area contributed by atoms with Crippen LogP contribution in [0.15, 0.2) is 11.1 Å². The van der Waals surface area contributed by atoms with Gasteiger partial charge in [0.1, 0.15) is 0 Å². The molecule has 3 nitrogen and oxygen atoms in total. The Morgan fingerprint density at radius 3 is 2.56 bits per heavy atom. The molecule has 3 heteroatoms. The van der Waals surface area contributed by atoms with E-state index in [-0.39, 0.29) is 5.91 Å².